The van der Waals surface area contributed by atoms with Crippen LogP contribution in [0.5, 0.6) is 5.75 Å². The molecule has 0 bridgehead atoms. The van der Waals surface area contributed by atoms with Crippen LogP contribution in [0, 0.1) is 5.82 Å². The molecule has 8 nitrogen and oxygen atoms in total. The zero-order valence-electron chi connectivity index (χ0n) is 21.6. The lowest BCUT2D eigenvalue weighted by Gasteiger charge is -2.17. The third-order valence-corrected chi connectivity index (χ3v) is 7.10. The minimum atomic E-state index is -0.717. The monoisotopic (exact) mass is 549 g/mol. The predicted molar refractivity (Wildman–Crippen MR) is 149 cm³/mol. The van der Waals surface area contributed by atoms with Gasteiger partial charge in [-0.05, 0) is 67.4 Å². The van der Waals surface area contributed by atoms with Crippen LogP contribution in [0.4, 0.5) is 15.8 Å². The van der Waals surface area contributed by atoms with Gasteiger partial charge >= 0.3 is 5.97 Å². The lowest BCUT2D eigenvalue weighted by molar-refractivity contribution is -0.128. The Balaban J connectivity index is 1.46. The molecule has 39 heavy (non-hydrogen) atoms. The first-order chi connectivity index (χ1) is 18.9. The molecule has 1 saturated heterocycles. The number of halogens is 1. The minimum absolute atomic E-state index is 0.0988. The number of nitrogens with one attached hydrogen (secondary N) is 1. The Kier molecular flexibility index (Phi) is 9.32. The van der Waals surface area contributed by atoms with Crippen LogP contribution in [-0.4, -0.2) is 53.4 Å². The van der Waals surface area contributed by atoms with E-state index in [-0.39, 0.29) is 30.5 Å². The van der Waals surface area contributed by atoms with E-state index in [0.717, 1.165) is 23.1 Å². The van der Waals surface area contributed by atoms with E-state index in [2.05, 4.69) is 10.3 Å². The lowest BCUT2D eigenvalue weighted by Crippen LogP contribution is -2.35. The van der Waals surface area contributed by atoms with Gasteiger partial charge in [0, 0.05) is 18.7 Å². The van der Waals surface area contributed by atoms with E-state index in [9.17, 15) is 18.8 Å². The maximum atomic E-state index is 14.3. The summed E-state index contributed by atoms with van der Waals surface area (Å²) in [5.41, 5.74) is 1.97. The molecule has 1 fully saturated rings. The van der Waals surface area contributed by atoms with Crippen molar-refractivity contribution in [3.05, 3.63) is 89.7 Å². The summed E-state index contributed by atoms with van der Waals surface area (Å²) >= 11 is 1.14. The van der Waals surface area contributed by atoms with Crippen molar-refractivity contribution in [2.75, 3.05) is 25.6 Å². The van der Waals surface area contributed by atoms with Crippen LogP contribution in [0.2, 0.25) is 0 Å². The summed E-state index contributed by atoms with van der Waals surface area (Å²) in [6, 6.07) is 19.9. The Hall–Kier alpha value is -4.18. The van der Waals surface area contributed by atoms with Crippen LogP contribution in [0.15, 0.2) is 77.8 Å². The van der Waals surface area contributed by atoms with E-state index in [4.69, 9.17) is 9.47 Å². The maximum Gasteiger partial charge on any atom is 0.338 e. The van der Waals surface area contributed by atoms with Crippen molar-refractivity contribution in [1.82, 2.24) is 4.90 Å². The van der Waals surface area contributed by atoms with Gasteiger partial charge < -0.3 is 14.8 Å². The van der Waals surface area contributed by atoms with Gasteiger partial charge in [0.1, 0.15) is 22.5 Å². The number of carbonyl (C=O) groups is 3. The highest BCUT2D eigenvalue weighted by Gasteiger charge is 2.39. The van der Waals surface area contributed by atoms with Crippen molar-refractivity contribution in [3.63, 3.8) is 0 Å². The molecule has 1 heterocycles. The van der Waals surface area contributed by atoms with Crippen LogP contribution in [-0.2, 0) is 20.7 Å². The molecule has 2 amide bonds. The van der Waals surface area contributed by atoms with Crippen molar-refractivity contribution in [3.8, 4) is 5.75 Å². The third-order valence-electron chi connectivity index (χ3n) is 5.92. The summed E-state index contributed by atoms with van der Waals surface area (Å²) in [6.07, 6.45) is 0.441. The van der Waals surface area contributed by atoms with Gasteiger partial charge in [-0.1, -0.05) is 36.0 Å². The topological polar surface area (TPSA) is 97.3 Å². The molecule has 0 spiro atoms. The average molecular weight is 550 g/mol. The lowest BCUT2D eigenvalue weighted by atomic mass is 10.1. The molecule has 4 rings (SSSR count). The van der Waals surface area contributed by atoms with Gasteiger partial charge in [0.25, 0.3) is 0 Å². The number of benzene rings is 3. The van der Waals surface area contributed by atoms with Crippen LogP contribution >= 0.6 is 11.8 Å². The molecule has 1 aliphatic heterocycles. The molecule has 3 aromatic rings. The number of thioether (sulfide) groups is 1. The number of hydrogen-bond donors (Lipinski definition) is 1. The van der Waals surface area contributed by atoms with Crippen LogP contribution in [0.25, 0.3) is 0 Å². The molecule has 202 valence electrons. The normalized spacial score (nSPS) is 15.9. The summed E-state index contributed by atoms with van der Waals surface area (Å²) in [6.45, 7) is 2.31. The first-order valence-corrected chi connectivity index (χ1v) is 13.3. The largest absolute Gasteiger partial charge is 0.497 e. The fourth-order valence-corrected chi connectivity index (χ4v) is 5.07. The number of nitrogens with zero attached hydrogens (tertiary/aromatic N) is 2. The second-order valence-electron chi connectivity index (χ2n) is 8.59. The highest BCUT2D eigenvalue weighted by atomic mass is 32.2. The van der Waals surface area contributed by atoms with Crippen LogP contribution in [0.3, 0.4) is 0 Å². The van der Waals surface area contributed by atoms with Gasteiger partial charge in [0.15, 0.2) is 5.17 Å². The Labute approximate surface area is 230 Å². The van der Waals surface area contributed by atoms with E-state index in [0.29, 0.717) is 29.4 Å². The van der Waals surface area contributed by atoms with E-state index >= 15 is 0 Å². The fraction of sp³-hybridized carbons (Fsp3) is 0.241. The Bertz CT molecular complexity index is 1360. The first kappa shape index (κ1) is 27.8. The molecule has 1 atom stereocenters. The summed E-state index contributed by atoms with van der Waals surface area (Å²) in [5.74, 6) is -0.848. The Morgan fingerprint density at radius 2 is 1.77 bits per heavy atom. The highest BCUT2D eigenvalue weighted by molar-refractivity contribution is 8.15. The van der Waals surface area contributed by atoms with Gasteiger partial charge in [-0.25, -0.2) is 14.2 Å². The zero-order valence-corrected chi connectivity index (χ0v) is 22.4. The number of esters is 1. The van der Waals surface area contributed by atoms with Gasteiger partial charge in [0.05, 0.1) is 19.3 Å². The van der Waals surface area contributed by atoms with Gasteiger partial charge in [-0.3, -0.25) is 14.5 Å². The van der Waals surface area contributed by atoms with Gasteiger partial charge in [-0.15, -0.1) is 0 Å². The van der Waals surface area contributed by atoms with Crippen molar-refractivity contribution < 1.29 is 28.2 Å². The molecule has 3 aromatic carbocycles. The summed E-state index contributed by atoms with van der Waals surface area (Å²) < 4.78 is 24.5. The number of amidine groups is 1. The quantitative estimate of drug-likeness (QED) is 0.349. The number of methoxy groups -OCH3 is 1. The Morgan fingerprint density at radius 3 is 2.44 bits per heavy atom. The van der Waals surface area contributed by atoms with Crippen LogP contribution in [0.1, 0.15) is 29.3 Å². The SMILES string of the molecule is CCOC(=O)c1ccc(NC(=O)C[C@@H]2SC(=Nc3ccccc3F)N(CCc3ccc(OC)cc3)C2=O)cc1. The maximum absolute atomic E-state index is 14.3. The first-order valence-electron chi connectivity index (χ1n) is 12.4. The zero-order chi connectivity index (χ0) is 27.8. The number of anilines is 1. The highest BCUT2D eigenvalue weighted by Crippen LogP contribution is 2.33. The molecular weight excluding hydrogens is 521 g/mol. The van der Waals surface area contributed by atoms with E-state index in [1.807, 2.05) is 24.3 Å². The Morgan fingerprint density at radius 1 is 1.05 bits per heavy atom. The van der Waals surface area contributed by atoms with E-state index in [1.165, 1.54) is 17.0 Å². The van der Waals surface area contributed by atoms with Gasteiger partial charge in [-0.2, -0.15) is 0 Å². The molecule has 10 heteroatoms. The third kappa shape index (κ3) is 7.23. The molecule has 0 radical (unpaired) electrons. The van der Waals surface area contributed by atoms with Gasteiger partial charge in [0.2, 0.25) is 11.8 Å². The molecule has 0 aromatic heterocycles. The molecule has 0 saturated carbocycles. The van der Waals surface area contributed by atoms with Crippen molar-refractivity contribution in [2.24, 2.45) is 4.99 Å². The predicted octanol–water partition coefficient (Wildman–Crippen LogP) is 5.21. The standard InChI is InChI=1S/C29H28FN3O5S/c1-3-38-28(36)20-10-12-21(13-11-20)31-26(34)18-25-27(35)33(17-16-19-8-14-22(37-2)15-9-19)29(39-25)32-24-7-5-4-6-23(24)30/h4-15,25H,3,16-18H2,1-2H3,(H,31,34)/t25-/m0/s1. The number of rotatable bonds is 10. The van der Waals surface area contributed by atoms with E-state index < -0.39 is 17.0 Å². The number of carbonyl (C=O) groups excluding carboxylic acids is 3. The minimum Gasteiger partial charge on any atom is -0.497 e. The average Bonchev–Trinajstić information content (AvgIpc) is 3.22. The molecular formula is C29H28FN3O5S. The number of ether oxygens (including phenoxy) is 2. The molecule has 1 aliphatic rings. The van der Waals surface area contributed by atoms with Crippen molar-refractivity contribution in [1.29, 1.82) is 0 Å². The number of amides is 2. The van der Waals surface area contributed by atoms with Crippen molar-refractivity contribution >= 4 is 46.1 Å². The summed E-state index contributed by atoms with van der Waals surface area (Å²) in [7, 11) is 1.59. The fourth-order valence-electron chi connectivity index (χ4n) is 3.89. The molecule has 1 N–H and O–H groups in total. The van der Waals surface area contributed by atoms with Crippen molar-refractivity contribution in [2.45, 2.75) is 25.0 Å². The number of para-hydroxylation sites is 1. The van der Waals surface area contributed by atoms with E-state index in [1.54, 1.807) is 50.4 Å². The second kappa shape index (κ2) is 13.1. The summed E-state index contributed by atoms with van der Waals surface area (Å²) in [5, 5.41) is 2.38. The second-order valence-corrected chi connectivity index (χ2v) is 9.76. The summed E-state index contributed by atoms with van der Waals surface area (Å²) in [4.78, 5) is 43.9. The number of hydrogen-bond acceptors (Lipinski definition) is 7. The molecule has 0 aliphatic carbocycles. The van der Waals surface area contributed by atoms with Crippen LogP contribution < -0.4 is 10.1 Å². The number of aliphatic imine (C=N–C) groups is 1. The molecule has 0 unspecified atom stereocenters. The smallest absolute Gasteiger partial charge is 0.338 e.